The van der Waals surface area contributed by atoms with Crippen molar-refractivity contribution in [2.75, 3.05) is 6.61 Å². The average Bonchev–Trinajstić information content (AvgIpc) is 2.71. The second-order valence-corrected chi connectivity index (χ2v) is 9.55. The standard InChI is InChI=1S/C25H36F2O/c1-3-5-16-6-7-20-15-23(25(27)24(26)22(20)12-16)19-9-8-18-14-21(28-4-2)11-10-17(18)13-19/h15-19,21H,3-14H2,1-2H3. The fourth-order valence-electron chi connectivity index (χ4n) is 6.40. The molecule has 3 aliphatic rings. The van der Waals surface area contributed by atoms with E-state index in [9.17, 15) is 4.39 Å². The van der Waals surface area contributed by atoms with E-state index in [1.807, 2.05) is 6.07 Å². The summed E-state index contributed by atoms with van der Waals surface area (Å²) in [5, 5.41) is 0. The summed E-state index contributed by atoms with van der Waals surface area (Å²) < 4.78 is 35.9. The highest BCUT2D eigenvalue weighted by Crippen LogP contribution is 2.48. The van der Waals surface area contributed by atoms with Gasteiger partial charge in [-0.1, -0.05) is 25.8 Å². The van der Waals surface area contributed by atoms with E-state index >= 15 is 4.39 Å². The molecule has 5 unspecified atom stereocenters. The van der Waals surface area contributed by atoms with Crippen molar-refractivity contribution in [3.8, 4) is 0 Å². The average molecular weight is 391 g/mol. The molecule has 1 aromatic rings. The molecule has 0 saturated heterocycles. The molecule has 2 fully saturated rings. The van der Waals surface area contributed by atoms with E-state index in [0.29, 0.717) is 35.0 Å². The molecular weight excluding hydrogens is 354 g/mol. The third kappa shape index (κ3) is 4.01. The molecule has 0 aliphatic heterocycles. The molecule has 0 aromatic heterocycles. The number of benzene rings is 1. The van der Waals surface area contributed by atoms with Gasteiger partial charge in [0, 0.05) is 6.61 Å². The van der Waals surface area contributed by atoms with E-state index in [4.69, 9.17) is 4.74 Å². The quantitative estimate of drug-likeness (QED) is 0.528. The van der Waals surface area contributed by atoms with Crippen molar-refractivity contribution >= 4 is 0 Å². The second kappa shape index (κ2) is 8.81. The first kappa shape index (κ1) is 20.3. The molecule has 0 amide bonds. The Hall–Kier alpha value is -0.960. The predicted octanol–water partition coefficient (Wildman–Crippen LogP) is 6.96. The summed E-state index contributed by atoms with van der Waals surface area (Å²) in [6.07, 6.45) is 12.0. The third-order valence-corrected chi connectivity index (χ3v) is 7.85. The van der Waals surface area contributed by atoms with Gasteiger partial charge in [-0.2, -0.15) is 0 Å². The highest BCUT2D eigenvalue weighted by molar-refractivity contribution is 5.38. The normalized spacial score (nSPS) is 32.6. The van der Waals surface area contributed by atoms with Crippen molar-refractivity contribution in [1.82, 2.24) is 0 Å². The van der Waals surface area contributed by atoms with Crippen LogP contribution >= 0.6 is 0 Å². The first-order valence-electron chi connectivity index (χ1n) is 11.7. The third-order valence-electron chi connectivity index (χ3n) is 7.85. The van der Waals surface area contributed by atoms with Crippen molar-refractivity contribution in [3.05, 3.63) is 34.4 Å². The van der Waals surface area contributed by atoms with Gasteiger partial charge in [0.2, 0.25) is 0 Å². The van der Waals surface area contributed by atoms with Crippen LogP contribution in [0.2, 0.25) is 0 Å². The van der Waals surface area contributed by atoms with Crippen molar-refractivity contribution < 1.29 is 13.5 Å². The maximum Gasteiger partial charge on any atom is 0.162 e. The lowest BCUT2D eigenvalue weighted by molar-refractivity contribution is -0.00971. The number of ether oxygens (including phenoxy) is 1. The van der Waals surface area contributed by atoms with E-state index in [2.05, 4.69) is 13.8 Å². The monoisotopic (exact) mass is 390 g/mol. The summed E-state index contributed by atoms with van der Waals surface area (Å²) in [4.78, 5) is 0. The highest BCUT2D eigenvalue weighted by atomic mass is 19.2. The molecule has 156 valence electrons. The van der Waals surface area contributed by atoms with Gasteiger partial charge in [0.25, 0.3) is 0 Å². The van der Waals surface area contributed by atoms with Gasteiger partial charge >= 0.3 is 0 Å². The van der Waals surface area contributed by atoms with E-state index in [-0.39, 0.29) is 5.92 Å². The van der Waals surface area contributed by atoms with Crippen LogP contribution in [-0.4, -0.2) is 12.7 Å². The Balaban J connectivity index is 1.49. The van der Waals surface area contributed by atoms with E-state index in [0.717, 1.165) is 76.4 Å². The lowest BCUT2D eigenvalue weighted by Gasteiger charge is -2.42. The minimum atomic E-state index is -0.539. The van der Waals surface area contributed by atoms with Crippen molar-refractivity contribution in [2.45, 2.75) is 96.5 Å². The zero-order chi connectivity index (χ0) is 19.7. The van der Waals surface area contributed by atoms with Crippen LogP contribution in [0.3, 0.4) is 0 Å². The molecule has 0 heterocycles. The maximum atomic E-state index is 15.1. The van der Waals surface area contributed by atoms with Gasteiger partial charge in [-0.15, -0.1) is 0 Å². The number of hydrogen-bond acceptors (Lipinski definition) is 1. The Labute approximate surface area is 169 Å². The van der Waals surface area contributed by atoms with Gasteiger partial charge in [-0.3, -0.25) is 0 Å². The minimum absolute atomic E-state index is 0.193. The maximum absolute atomic E-state index is 15.1. The topological polar surface area (TPSA) is 9.23 Å². The van der Waals surface area contributed by atoms with E-state index in [1.165, 1.54) is 6.42 Å². The molecule has 1 nitrogen and oxygen atoms in total. The number of rotatable bonds is 5. The summed E-state index contributed by atoms with van der Waals surface area (Å²) in [7, 11) is 0. The van der Waals surface area contributed by atoms with Crippen LogP contribution in [-0.2, 0) is 17.6 Å². The van der Waals surface area contributed by atoms with Crippen molar-refractivity contribution in [2.24, 2.45) is 17.8 Å². The molecule has 0 N–H and O–H groups in total. The lowest BCUT2D eigenvalue weighted by Crippen LogP contribution is -2.34. The zero-order valence-corrected chi connectivity index (χ0v) is 17.6. The molecule has 3 aliphatic carbocycles. The summed E-state index contributed by atoms with van der Waals surface area (Å²) in [5.41, 5.74) is 2.44. The summed E-state index contributed by atoms with van der Waals surface area (Å²) >= 11 is 0. The molecule has 4 rings (SSSR count). The van der Waals surface area contributed by atoms with E-state index in [1.54, 1.807) is 0 Å². The van der Waals surface area contributed by atoms with Crippen LogP contribution in [0.5, 0.6) is 0 Å². The fraction of sp³-hybridized carbons (Fsp3) is 0.760. The predicted molar refractivity (Wildman–Crippen MR) is 110 cm³/mol. The minimum Gasteiger partial charge on any atom is -0.378 e. The van der Waals surface area contributed by atoms with Gasteiger partial charge < -0.3 is 4.74 Å². The van der Waals surface area contributed by atoms with Gasteiger partial charge in [0.05, 0.1) is 6.10 Å². The van der Waals surface area contributed by atoms with Crippen LogP contribution < -0.4 is 0 Å². The molecule has 28 heavy (non-hydrogen) atoms. The molecule has 2 saturated carbocycles. The first-order chi connectivity index (χ1) is 13.6. The van der Waals surface area contributed by atoms with Crippen LogP contribution in [0.1, 0.15) is 94.2 Å². The SMILES string of the molecule is CCCC1CCc2cc(C3CCC4CC(OCC)CCC4C3)c(F)c(F)c2C1. The molecule has 5 atom stereocenters. The largest absolute Gasteiger partial charge is 0.378 e. The molecule has 3 heteroatoms. The van der Waals surface area contributed by atoms with E-state index < -0.39 is 11.6 Å². The molecular formula is C25H36F2O. The number of halogens is 2. The van der Waals surface area contributed by atoms with Gasteiger partial charge in [-0.05, 0) is 105 Å². The Morgan fingerprint density at radius 1 is 0.964 bits per heavy atom. The second-order valence-electron chi connectivity index (χ2n) is 9.55. The Bertz CT molecular complexity index is 686. The Morgan fingerprint density at radius 2 is 1.75 bits per heavy atom. The van der Waals surface area contributed by atoms with Crippen LogP contribution in [0.15, 0.2) is 6.07 Å². The van der Waals surface area contributed by atoms with Gasteiger partial charge in [0.15, 0.2) is 11.6 Å². The molecule has 0 radical (unpaired) electrons. The van der Waals surface area contributed by atoms with Gasteiger partial charge in [-0.25, -0.2) is 8.78 Å². The van der Waals surface area contributed by atoms with Crippen LogP contribution in [0.25, 0.3) is 0 Å². The smallest absolute Gasteiger partial charge is 0.162 e. The molecule has 0 bridgehead atoms. The number of hydrogen-bond donors (Lipinski definition) is 0. The first-order valence-corrected chi connectivity index (χ1v) is 11.7. The molecule has 1 aromatic carbocycles. The Kier molecular flexibility index (Phi) is 6.40. The highest BCUT2D eigenvalue weighted by Gasteiger charge is 2.38. The summed E-state index contributed by atoms with van der Waals surface area (Å²) in [6, 6.07) is 2.05. The zero-order valence-electron chi connectivity index (χ0n) is 17.6. The molecule has 0 spiro atoms. The van der Waals surface area contributed by atoms with Gasteiger partial charge in [0.1, 0.15) is 0 Å². The fourth-order valence-corrected chi connectivity index (χ4v) is 6.40. The van der Waals surface area contributed by atoms with Crippen molar-refractivity contribution in [3.63, 3.8) is 0 Å². The Morgan fingerprint density at radius 3 is 2.54 bits per heavy atom. The van der Waals surface area contributed by atoms with Crippen LogP contribution in [0.4, 0.5) is 8.78 Å². The lowest BCUT2D eigenvalue weighted by atomic mass is 9.65. The summed E-state index contributed by atoms with van der Waals surface area (Å²) in [6.45, 7) is 5.04. The number of fused-ring (bicyclic) bond motifs is 2. The van der Waals surface area contributed by atoms with Crippen LogP contribution in [0, 0.1) is 29.4 Å². The summed E-state index contributed by atoms with van der Waals surface area (Å²) in [5.74, 6) is 1.01. The number of aryl methyl sites for hydroxylation is 1. The van der Waals surface area contributed by atoms with Crippen molar-refractivity contribution in [1.29, 1.82) is 0 Å².